The van der Waals surface area contributed by atoms with Gasteiger partial charge in [0, 0.05) is 0 Å². The van der Waals surface area contributed by atoms with E-state index in [0.717, 1.165) is 11.2 Å². The van der Waals surface area contributed by atoms with Crippen molar-refractivity contribution in [2.75, 3.05) is 0 Å². The Balaban J connectivity index is 1.83. The Bertz CT molecular complexity index is 577. The van der Waals surface area contributed by atoms with E-state index >= 15 is 0 Å². The lowest BCUT2D eigenvalue weighted by Gasteiger charge is -2.32. The highest BCUT2D eigenvalue weighted by molar-refractivity contribution is 6.62. The number of hydrogen-bond acceptors (Lipinski definition) is 4. The zero-order valence-electron chi connectivity index (χ0n) is 12.2. The van der Waals surface area contributed by atoms with E-state index in [2.05, 4.69) is 37.8 Å². The maximum Gasteiger partial charge on any atom is 0.494 e. The monoisotopic (exact) mass is 271 g/mol. The molecule has 0 radical (unpaired) electrons. The molecule has 0 amide bonds. The molecule has 1 aromatic carbocycles. The zero-order chi connectivity index (χ0) is 14.4. The molecule has 1 aromatic heterocycles. The molecule has 1 fully saturated rings. The van der Waals surface area contributed by atoms with Gasteiger partial charge >= 0.3 is 7.12 Å². The van der Waals surface area contributed by atoms with Gasteiger partial charge in [-0.25, -0.2) is 9.67 Å². The Labute approximate surface area is 119 Å². The summed E-state index contributed by atoms with van der Waals surface area (Å²) in [5.74, 6) is 0. The van der Waals surface area contributed by atoms with Crippen molar-refractivity contribution in [2.24, 2.45) is 0 Å². The Morgan fingerprint density at radius 3 is 2.10 bits per heavy atom. The predicted molar refractivity (Wildman–Crippen MR) is 77.1 cm³/mol. The summed E-state index contributed by atoms with van der Waals surface area (Å²) >= 11 is 0. The fraction of sp³-hybridized carbons (Fsp3) is 0.429. The van der Waals surface area contributed by atoms with Crippen LogP contribution in [0.4, 0.5) is 0 Å². The van der Waals surface area contributed by atoms with Gasteiger partial charge in [0.05, 0.1) is 16.9 Å². The lowest BCUT2D eigenvalue weighted by Crippen LogP contribution is -2.41. The summed E-state index contributed by atoms with van der Waals surface area (Å²) < 4.78 is 13.8. The number of rotatable bonds is 2. The first-order valence-electron chi connectivity index (χ1n) is 6.70. The van der Waals surface area contributed by atoms with Crippen molar-refractivity contribution >= 4 is 12.6 Å². The first kappa shape index (κ1) is 13.3. The highest BCUT2D eigenvalue weighted by Crippen LogP contribution is 2.36. The minimum Gasteiger partial charge on any atom is -0.399 e. The Hall–Kier alpha value is -1.66. The van der Waals surface area contributed by atoms with Crippen molar-refractivity contribution in [3.63, 3.8) is 0 Å². The lowest BCUT2D eigenvalue weighted by molar-refractivity contribution is 0.00578. The van der Waals surface area contributed by atoms with Crippen LogP contribution in [0, 0.1) is 0 Å². The van der Waals surface area contributed by atoms with Crippen LogP contribution in [-0.4, -0.2) is 33.1 Å². The molecule has 3 rings (SSSR count). The van der Waals surface area contributed by atoms with E-state index in [1.807, 2.05) is 24.3 Å². The third kappa shape index (κ3) is 2.15. The summed E-state index contributed by atoms with van der Waals surface area (Å²) in [6.07, 6.45) is 3.19. The van der Waals surface area contributed by atoms with Crippen LogP contribution >= 0.6 is 0 Å². The van der Waals surface area contributed by atoms with E-state index in [0.29, 0.717) is 0 Å². The zero-order valence-corrected chi connectivity index (χ0v) is 12.2. The number of hydrogen-bond donors (Lipinski definition) is 0. The third-order valence-corrected chi connectivity index (χ3v) is 4.10. The summed E-state index contributed by atoms with van der Waals surface area (Å²) in [5.41, 5.74) is 1.33. The summed E-state index contributed by atoms with van der Waals surface area (Å²) in [6.45, 7) is 8.21. The van der Waals surface area contributed by atoms with Crippen LogP contribution < -0.4 is 5.46 Å². The van der Waals surface area contributed by atoms with Gasteiger partial charge in [-0.3, -0.25) is 0 Å². The molecule has 2 aromatic rings. The van der Waals surface area contributed by atoms with Crippen LogP contribution in [0.5, 0.6) is 0 Å². The average Bonchev–Trinajstić information content (AvgIpc) is 2.97. The van der Waals surface area contributed by atoms with Gasteiger partial charge < -0.3 is 9.31 Å². The molecular formula is C14H18BN3O2. The SMILES string of the molecule is CC1(C)OB(c2ccc(-n3cncn3)cc2)OC1(C)C. The van der Waals surface area contributed by atoms with Gasteiger partial charge in [0.25, 0.3) is 0 Å². The molecule has 20 heavy (non-hydrogen) atoms. The molecular weight excluding hydrogens is 253 g/mol. The highest BCUT2D eigenvalue weighted by atomic mass is 16.7. The van der Waals surface area contributed by atoms with E-state index in [9.17, 15) is 0 Å². The van der Waals surface area contributed by atoms with Crippen molar-refractivity contribution in [2.45, 2.75) is 38.9 Å². The predicted octanol–water partition coefficient (Wildman–Crippen LogP) is 1.57. The van der Waals surface area contributed by atoms with E-state index < -0.39 is 0 Å². The second kappa shape index (κ2) is 4.43. The van der Waals surface area contributed by atoms with Gasteiger partial charge in [-0.2, -0.15) is 5.10 Å². The molecule has 0 aliphatic carbocycles. The standard InChI is InChI=1S/C14H18BN3O2/c1-13(2)14(3,4)20-15(19-13)11-5-7-12(8-6-11)18-10-16-9-17-18/h5-10H,1-4H3. The van der Waals surface area contributed by atoms with Gasteiger partial charge in [0.1, 0.15) is 12.7 Å². The van der Waals surface area contributed by atoms with Crippen LogP contribution in [-0.2, 0) is 9.31 Å². The van der Waals surface area contributed by atoms with Gasteiger partial charge in [0.2, 0.25) is 0 Å². The first-order valence-corrected chi connectivity index (χ1v) is 6.70. The molecule has 104 valence electrons. The number of benzene rings is 1. The number of aromatic nitrogens is 3. The average molecular weight is 271 g/mol. The second-order valence-electron chi connectivity index (χ2n) is 6.02. The first-order chi connectivity index (χ1) is 9.39. The largest absolute Gasteiger partial charge is 0.494 e. The van der Waals surface area contributed by atoms with E-state index in [1.54, 1.807) is 11.0 Å². The summed E-state index contributed by atoms with van der Waals surface area (Å²) in [4.78, 5) is 3.94. The molecule has 1 aliphatic rings. The molecule has 0 bridgehead atoms. The summed E-state index contributed by atoms with van der Waals surface area (Å²) in [7, 11) is -0.329. The Kier molecular flexibility index (Phi) is 2.95. The maximum absolute atomic E-state index is 6.02. The molecule has 5 nitrogen and oxygen atoms in total. The Morgan fingerprint density at radius 1 is 1.00 bits per heavy atom. The van der Waals surface area contributed by atoms with E-state index in [1.165, 1.54) is 6.33 Å². The second-order valence-corrected chi connectivity index (χ2v) is 6.02. The Morgan fingerprint density at radius 2 is 1.60 bits per heavy atom. The molecule has 1 saturated heterocycles. The van der Waals surface area contributed by atoms with Gasteiger partial charge in [-0.15, -0.1) is 0 Å². The summed E-state index contributed by atoms with van der Waals surface area (Å²) in [5, 5.41) is 4.10. The fourth-order valence-corrected chi connectivity index (χ4v) is 2.10. The van der Waals surface area contributed by atoms with Crippen molar-refractivity contribution in [3.8, 4) is 5.69 Å². The minimum atomic E-state index is -0.329. The summed E-state index contributed by atoms with van der Waals surface area (Å²) in [6, 6.07) is 7.96. The molecule has 0 saturated carbocycles. The quantitative estimate of drug-likeness (QED) is 0.778. The smallest absolute Gasteiger partial charge is 0.399 e. The van der Waals surface area contributed by atoms with Crippen molar-refractivity contribution in [1.82, 2.24) is 14.8 Å². The van der Waals surface area contributed by atoms with Crippen LogP contribution in [0.1, 0.15) is 27.7 Å². The lowest BCUT2D eigenvalue weighted by atomic mass is 9.79. The van der Waals surface area contributed by atoms with Gasteiger partial charge in [0.15, 0.2) is 0 Å². The topological polar surface area (TPSA) is 49.2 Å². The minimum absolute atomic E-state index is 0.317. The van der Waals surface area contributed by atoms with Gasteiger partial charge in [-0.05, 0) is 45.3 Å². The fourth-order valence-electron chi connectivity index (χ4n) is 2.10. The van der Waals surface area contributed by atoms with Crippen molar-refractivity contribution in [1.29, 1.82) is 0 Å². The van der Waals surface area contributed by atoms with Crippen LogP contribution in [0.15, 0.2) is 36.9 Å². The van der Waals surface area contributed by atoms with Gasteiger partial charge in [-0.1, -0.05) is 12.1 Å². The van der Waals surface area contributed by atoms with Crippen LogP contribution in [0.25, 0.3) is 5.69 Å². The molecule has 2 heterocycles. The van der Waals surface area contributed by atoms with E-state index in [4.69, 9.17) is 9.31 Å². The van der Waals surface area contributed by atoms with Crippen molar-refractivity contribution < 1.29 is 9.31 Å². The number of nitrogens with zero attached hydrogens (tertiary/aromatic N) is 3. The molecule has 1 aliphatic heterocycles. The van der Waals surface area contributed by atoms with Crippen molar-refractivity contribution in [3.05, 3.63) is 36.9 Å². The highest BCUT2D eigenvalue weighted by Gasteiger charge is 2.51. The normalized spacial score (nSPS) is 20.3. The molecule has 0 spiro atoms. The van der Waals surface area contributed by atoms with Crippen LogP contribution in [0.2, 0.25) is 0 Å². The maximum atomic E-state index is 6.02. The molecule has 0 atom stereocenters. The third-order valence-electron chi connectivity index (χ3n) is 4.10. The molecule has 6 heteroatoms. The van der Waals surface area contributed by atoms with E-state index in [-0.39, 0.29) is 18.3 Å². The molecule has 0 unspecified atom stereocenters. The van der Waals surface area contributed by atoms with Crippen LogP contribution in [0.3, 0.4) is 0 Å². The molecule has 0 N–H and O–H groups in total.